The lowest BCUT2D eigenvalue weighted by Gasteiger charge is -1.99. The molecule has 0 aliphatic rings. The van der Waals surface area contributed by atoms with E-state index in [0.717, 1.165) is 16.6 Å². The summed E-state index contributed by atoms with van der Waals surface area (Å²) in [6, 6.07) is 3.91. The van der Waals surface area contributed by atoms with Crippen molar-refractivity contribution in [2.24, 2.45) is 5.73 Å². The number of rotatable bonds is 3. The third-order valence-corrected chi connectivity index (χ3v) is 2.65. The van der Waals surface area contributed by atoms with Gasteiger partial charge in [0.1, 0.15) is 5.65 Å². The third kappa shape index (κ3) is 1.68. The topological polar surface area (TPSA) is 82.8 Å². The highest BCUT2D eigenvalue weighted by Gasteiger charge is 2.09. The quantitative estimate of drug-likeness (QED) is 0.722. The van der Waals surface area contributed by atoms with E-state index in [1.807, 2.05) is 22.9 Å². The summed E-state index contributed by atoms with van der Waals surface area (Å²) in [5.74, 6) is 0.621. The summed E-state index contributed by atoms with van der Waals surface area (Å²) in [4.78, 5) is 8.35. The van der Waals surface area contributed by atoms with Crippen LogP contribution >= 0.6 is 0 Å². The van der Waals surface area contributed by atoms with E-state index in [2.05, 4.69) is 15.1 Å². The lowest BCUT2D eigenvalue weighted by molar-refractivity contribution is 0.408. The van der Waals surface area contributed by atoms with Crippen LogP contribution in [0.25, 0.3) is 11.0 Å². The van der Waals surface area contributed by atoms with Gasteiger partial charge in [0.15, 0.2) is 5.82 Å². The number of nitrogens with two attached hydrogens (primary N) is 1. The van der Waals surface area contributed by atoms with Gasteiger partial charge in [0.2, 0.25) is 6.39 Å². The second-order valence-electron chi connectivity index (χ2n) is 3.71. The third-order valence-electron chi connectivity index (χ3n) is 2.65. The summed E-state index contributed by atoms with van der Waals surface area (Å²) in [7, 11) is 0. The molecular formula is C11H11N5O. The number of hydrogen-bond donors (Lipinski definition) is 1. The Morgan fingerprint density at radius 2 is 2.29 bits per heavy atom. The van der Waals surface area contributed by atoms with Crippen LogP contribution in [0, 0.1) is 0 Å². The van der Waals surface area contributed by atoms with E-state index < -0.39 is 0 Å². The normalized spacial score (nSPS) is 11.1. The first-order valence-corrected chi connectivity index (χ1v) is 5.26. The molecule has 17 heavy (non-hydrogen) atoms. The van der Waals surface area contributed by atoms with Crippen LogP contribution in [-0.2, 0) is 13.1 Å². The second kappa shape index (κ2) is 3.99. The first-order valence-electron chi connectivity index (χ1n) is 5.26. The van der Waals surface area contributed by atoms with E-state index in [1.54, 1.807) is 6.20 Å². The molecule has 0 fully saturated rings. The van der Waals surface area contributed by atoms with Gasteiger partial charge in [-0.3, -0.25) is 0 Å². The van der Waals surface area contributed by atoms with Gasteiger partial charge in [-0.05, 0) is 17.7 Å². The van der Waals surface area contributed by atoms with Crippen molar-refractivity contribution >= 4 is 11.0 Å². The molecule has 3 aromatic rings. The van der Waals surface area contributed by atoms with Gasteiger partial charge in [-0.25, -0.2) is 4.98 Å². The maximum Gasteiger partial charge on any atom is 0.213 e. The van der Waals surface area contributed by atoms with Crippen LogP contribution in [0.15, 0.2) is 35.4 Å². The van der Waals surface area contributed by atoms with Crippen molar-refractivity contribution in [1.82, 2.24) is 19.7 Å². The number of hydrogen-bond acceptors (Lipinski definition) is 5. The van der Waals surface area contributed by atoms with Crippen LogP contribution in [0.2, 0.25) is 0 Å². The molecular weight excluding hydrogens is 218 g/mol. The molecule has 86 valence electrons. The summed E-state index contributed by atoms with van der Waals surface area (Å²) < 4.78 is 6.69. The predicted octanol–water partition coefficient (Wildman–Crippen LogP) is 0.926. The molecule has 3 heterocycles. The summed E-state index contributed by atoms with van der Waals surface area (Å²) in [5.41, 5.74) is 7.66. The van der Waals surface area contributed by atoms with Gasteiger partial charge >= 0.3 is 0 Å². The summed E-state index contributed by atoms with van der Waals surface area (Å²) in [6.07, 6.45) is 5.06. The Kier molecular flexibility index (Phi) is 2.34. The Morgan fingerprint density at radius 3 is 3.06 bits per heavy atom. The molecule has 2 N–H and O–H groups in total. The Bertz CT molecular complexity index is 628. The zero-order chi connectivity index (χ0) is 11.7. The van der Waals surface area contributed by atoms with Gasteiger partial charge in [-0.1, -0.05) is 5.16 Å². The number of aromatic nitrogens is 4. The summed E-state index contributed by atoms with van der Waals surface area (Å²) >= 11 is 0. The van der Waals surface area contributed by atoms with E-state index >= 15 is 0 Å². The Labute approximate surface area is 97.1 Å². The smallest absolute Gasteiger partial charge is 0.213 e. The predicted molar refractivity (Wildman–Crippen MR) is 61.0 cm³/mol. The maximum absolute atomic E-state index is 5.71. The fourth-order valence-corrected chi connectivity index (χ4v) is 1.89. The van der Waals surface area contributed by atoms with Crippen LogP contribution in [-0.4, -0.2) is 19.7 Å². The number of pyridine rings is 1. The van der Waals surface area contributed by atoms with Crippen molar-refractivity contribution in [2.75, 3.05) is 0 Å². The molecule has 3 aromatic heterocycles. The number of nitrogens with zero attached hydrogens (tertiary/aromatic N) is 4. The largest absolute Gasteiger partial charge is 0.343 e. The van der Waals surface area contributed by atoms with Crippen LogP contribution in [0.1, 0.15) is 11.4 Å². The maximum atomic E-state index is 5.71. The van der Waals surface area contributed by atoms with E-state index in [0.29, 0.717) is 18.9 Å². The average molecular weight is 229 g/mol. The highest BCUT2D eigenvalue weighted by atomic mass is 16.5. The van der Waals surface area contributed by atoms with Crippen molar-refractivity contribution in [3.05, 3.63) is 42.3 Å². The van der Waals surface area contributed by atoms with E-state index in [1.165, 1.54) is 6.39 Å². The molecule has 0 amide bonds. The highest BCUT2D eigenvalue weighted by molar-refractivity contribution is 5.80. The minimum absolute atomic E-state index is 0.488. The average Bonchev–Trinajstić information content (AvgIpc) is 2.98. The van der Waals surface area contributed by atoms with E-state index in [4.69, 9.17) is 10.3 Å². The first kappa shape index (κ1) is 9.98. The van der Waals surface area contributed by atoms with Crippen LogP contribution in [0.5, 0.6) is 0 Å². The summed E-state index contributed by atoms with van der Waals surface area (Å²) in [5, 5.41) is 4.86. The fourth-order valence-electron chi connectivity index (χ4n) is 1.89. The van der Waals surface area contributed by atoms with Crippen molar-refractivity contribution in [3.63, 3.8) is 0 Å². The Balaban J connectivity index is 2.10. The Morgan fingerprint density at radius 1 is 1.35 bits per heavy atom. The second-order valence-corrected chi connectivity index (χ2v) is 3.71. The van der Waals surface area contributed by atoms with Crippen molar-refractivity contribution in [2.45, 2.75) is 13.1 Å². The number of fused-ring (bicyclic) bond motifs is 1. The van der Waals surface area contributed by atoms with Crippen LogP contribution in [0.3, 0.4) is 0 Å². The monoisotopic (exact) mass is 229 g/mol. The molecule has 0 aliphatic heterocycles. The Hall–Kier alpha value is -2.21. The van der Waals surface area contributed by atoms with Gasteiger partial charge in [0.25, 0.3) is 0 Å². The highest BCUT2D eigenvalue weighted by Crippen LogP contribution is 2.19. The van der Waals surface area contributed by atoms with Crippen molar-refractivity contribution in [1.29, 1.82) is 0 Å². The van der Waals surface area contributed by atoms with Crippen molar-refractivity contribution < 1.29 is 4.52 Å². The molecule has 0 aliphatic carbocycles. The van der Waals surface area contributed by atoms with E-state index in [-0.39, 0.29) is 0 Å². The van der Waals surface area contributed by atoms with Crippen LogP contribution in [0.4, 0.5) is 0 Å². The first-order chi connectivity index (χ1) is 8.38. The van der Waals surface area contributed by atoms with Gasteiger partial charge in [0.05, 0.1) is 6.54 Å². The van der Waals surface area contributed by atoms with Crippen molar-refractivity contribution in [3.8, 4) is 0 Å². The molecule has 0 unspecified atom stereocenters. The molecule has 0 radical (unpaired) electrons. The molecule has 3 rings (SSSR count). The molecule has 0 saturated carbocycles. The zero-order valence-corrected chi connectivity index (χ0v) is 9.08. The SMILES string of the molecule is NCc1cn(Cc2ncon2)c2ncccc12. The van der Waals surface area contributed by atoms with Crippen LogP contribution < -0.4 is 5.73 Å². The lowest BCUT2D eigenvalue weighted by atomic mass is 10.2. The fraction of sp³-hybridized carbons (Fsp3) is 0.182. The molecule has 0 aromatic carbocycles. The standard InChI is InChI=1S/C11H11N5O/c12-4-8-5-16(6-10-14-7-17-15-10)11-9(8)2-1-3-13-11/h1-3,5,7H,4,6,12H2. The van der Waals surface area contributed by atoms with Gasteiger partial charge in [0, 0.05) is 24.3 Å². The van der Waals surface area contributed by atoms with Gasteiger partial charge < -0.3 is 14.8 Å². The molecule has 6 nitrogen and oxygen atoms in total. The molecule has 0 saturated heterocycles. The minimum Gasteiger partial charge on any atom is -0.343 e. The molecule has 6 heteroatoms. The van der Waals surface area contributed by atoms with E-state index in [9.17, 15) is 0 Å². The molecule has 0 spiro atoms. The molecule has 0 atom stereocenters. The summed E-state index contributed by atoms with van der Waals surface area (Å²) in [6.45, 7) is 1.02. The van der Waals surface area contributed by atoms with Gasteiger partial charge in [-0.2, -0.15) is 4.98 Å². The molecule has 0 bridgehead atoms. The minimum atomic E-state index is 0.488. The lowest BCUT2D eigenvalue weighted by Crippen LogP contribution is -2.01. The van der Waals surface area contributed by atoms with Gasteiger partial charge in [-0.15, -0.1) is 0 Å². The zero-order valence-electron chi connectivity index (χ0n) is 9.08.